The molecule has 15 heavy (non-hydrogen) atoms. The zero-order valence-electron chi connectivity index (χ0n) is 10.7. The molecule has 1 nitrogen and oxygen atoms in total. The molecule has 0 saturated heterocycles. The fraction of sp³-hybridized carbons (Fsp3) is 1.00. The van der Waals surface area contributed by atoms with Crippen molar-refractivity contribution in [2.45, 2.75) is 58.2 Å². The molecule has 0 radical (unpaired) electrons. The first kappa shape index (κ1) is 13.4. The summed E-state index contributed by atoms with van der Waals surface area (Å²) in [6.07, 6.45) is 3.92. The van der Waals surface area contributed by atoms with Crippen molar-refractivity contribution in [2.24, 2.45) is 23.5 Å². The lowest BCUT2D eigenvalue weighted by atomic mass is 9.79. The van der Waals surface area contributed by atoms with E-state index in [1.165, 1.54) is 25.0 Å². The monoisotopic (exact) mass is 229 g/mol. The van der Waals surface area contributed by atoms with E-state index >= 15 is 0 Å². The van der Waals surface area contributed by atoms with Gasteiger partial charge in [0.1, 0.15) is 0 Å². The van der Waals surface area contributed by atoms with Gasteiger partial charge in [-0.15, -0.1) is 0 Å². The van der Waals surface area contributed by atoms with Crippen LogP contribution in [0.2, 0.25) is 0 Å². The quantitative estimate of drug-likeness (QED) is 0.798. The molecular weight excluding hydrogens is 202 g/mol. The van der Waals surface area contributed by atoms with Gasteiger partial charge < -0.3 is 5.73 Å². The summed E-state index contributed by atoms with van der Waals surface area (Å²) in [6.45, 7) is 9.29. The number of thioether (sulfide) groups is 1. The zero-order chi connectivity index (χ0) is 11.4. The van der Waals surface area contributed by atoms with Gasteiger partial charge in [0, 0.05) is 11.3 Å². The Bertz CT molecular complexity index is 179. The van der Waals surface area contributed by atoms with Crippen molar-refractivity contribution >= 4 is 11.8 Å². The molecule has 0 amide bonds. The maximum atomic E-state index is 6.21. The highest BCUT2D eigenvalue weighted by molar-refractivity contribution is 7.99. The summed E-state index contributed by atoms with van der Waals surface area (Å²) in [6, 6.07) is 0.448. The molecule has 1 rings (SSSR count). The SMILES string of the molecule is CC(C)CSC1CC(C(C)C)CCC1N. The third-order valence-electron chi connectivity index (χ3n) is 3.47. The fourth-order valence-electron chi connectivity index (χ4n) is 2.30. The van der Waals surface area contributed by atoms with Gasteiger partial charge in [0.25, 0.3) is 0 Å². The molecule has 2 N–H and O–H groups in total. The van der Waals surface area contributed by atoms with Crippen molar-refractivity contribution in [1.82, 2.24) is 0 Å². The molecule has 0 aromatic carbocycles. The number of nitrogens with two attached hydrogens (primary N) is 1. The molecule has 0 aromatic heterocycles. The zero-order valence-corrected chi connectivity index (χ0v) is 11.5. The van der Waals surface area contributed by atoms with Crippen molar-refractivity contribution < 1.29 is 0 Å². The predicted molar refractivity (Wildman–Crippen MR) is 71.2 cm³/mol. The maximum absolute atomic E-state index is 6.21. The number of hydrogen-bond donors (Lipinski definition) is 1. The van der Waals surface area contributed by atoms with Crippen LogP contribution in [0, 0.1) is 17.8 Å². The Morgan fingerprint density at radius 2 is 1.87 bits per heavy atom. The summed E-state index contributed by atoms with van der Waals surface area (Å²) in [4.78, 5) is 0. The molecule has 1 fully saturated rings. The van der Waals surface area contributed by atoms with E-state index in [-0.39, 0.29) is 0 Å². The molecule has 90 valence electrons. The minimum absolute atomic E-state index is 0.448. The molecule has 0 bridgehead atoms. The lowest BCUT2D eigenvalue weighted by molar-refractivity contribution is 0.266. The summed E-state index contributed by atoms with van der Waals surface area (Å²) in [7, 11) is 0. The van der Waals surface area contributed by atoms with Crippen molar-refractivity contribution in [3.05, 3.63) is 0 Å². The van der Waals surface area contributed by atoms with E-state index in [1.54, 1.807) is 0 Å². The van der Waals surface area contributed by atoms with Crippen molar-refractivity contribution in [3.63, 3.8) is 0 Å². The van der Waals surface area contributed by atoms with E-state index in [2.05, 4.69) is 39.5 Å². The molecule has 1 aliphatic rings. The molecule has 2 heteroatoms. The molecule has 1 saturated carbocycles. The van der Waals surface area contributed by atoms with E-state index in [1.807, 2.05) is 0 Å². The lowest BCUT2D eigenvalue weighted by Gasteiger charge is -2.36. The Morgan fingerprint density at radius 1 is 1.20 bits per heavy atom. The maximum Gasteiger partial charge on any atom is 0.0201 e. The third kappa shape index (κ3) is 4.36. The molecule has 0 spiro atoms. The Balaban J connectivity index is 2.39. The number of hydrogen-bond acceptors (Lipinski definition) is 2. The molecule has 1 aliphatic carbocycles. The first-order chi connectivity index (χ1) is 7.00. The van der Waals surface area contributed by atoms with Gasteiger partial charge in [-0.3, -0.25) is 0 Å². The van der Waals surface area contributed by atoms with Gasteiger partial charge in [-0.25, -0.2) is 0 Å². The van der Waals surface area contributed by atoms with Crippen molar-refractivity contribution in [2.75, 3.05) is 5.75 Å². The molecule has 3 atom stereocenters. The van der Waals surface area contributed by atoms with Crippen LogP contribution in [-0.2, 0) is 0 Å². The Hall–Kier alpha value is 0.310. The van der Waals surface area contributed by atoms with Gasteiger partial charge in [0.05, 0.1) is 0 Å². The Kier molecular flexibility index (Phi) is 5.48. The highest BCUT2D eigenvalue weighted by Crippen LogP contribution is 2.35. The van der Waals surface area contributed by atoms with Crippen LogP contribution in [0.15, 0.2) is 0 Å². The Morgan fingerprint density at radius 3 is 2.40 bits per heavy atom. The van der Waals surface area contributed by atoms with E-state index in [0.717, 1.165) is 17.8 Å². The summed E-state index contributed by atoms with van der Waals surface area (Å²) in [5.74, 6) is 3.80. The summed E-state index contributed by atoms with van der Waals surface area (Å²) in [5, 5.41) is 0.716. The van der Waals surface area contributed by atoms with Gasteiger partial charge >= 0.3 is 0 Å². The second-order valence-electron chi connectivity index (χ2n) is 5.75. The average Bonchev–Trinajstić information content (AvgIpc) is 2.16. The van der Waals surface area contributed by atoms with Crippen LogP contribution in [-0.4, -0.2) is 17.0 Å². The van der Waals surface area contributed by atoms with E-state index in [9.17, 15) is 0 Å². The number of rotatable bonds is 4. The Labute approximate surface area is 99.6 Å². The molecule has 0 aliphatic heterocycles. The van der Waals surface area contributed by atoms with Gasteiger partial charge in [-0.2, -0.15) is 11.8 Å². The van der Waals surface area contributed by atoms with Crippen molar-refractivity contribution in [3.8, 4) is 0 Å². The van der Waals surface area contributed by atoms with Crippen LogP contribution in [0.3, 0.4) is 0 Å². The standard InChI is InChI=1S/C13H27NS/c1-9(2)8-15-13-7-11(10(3)4)5-6-12(13)14/h9-13H,5-8,14H2,1-4H3. The third-order valence-corrected chi connectivity index (χ3v) is 5.30. The highest BCUT2D eigenvalue weighted by atomic mass is 32.2. The lowest BCUT2D eigenvalue weighted by Crippen LogP contribution is -2.39. The molecule has 0 heterocycles. The molecule has 0 aromatic rings. The first-order valence-corrected chi connectivity index (χ1v) is 7.42. The topological polar surface area (TPSA) is 26.0 Å². The van der Waals surface area contributed by atoms with E-state index in [4.69, 9.17) is 5.73 Å². The van der Waals surface area contributed by atoms with Crippen LogP contribution >= 0.6 is 11.8 Å². The smallest absolute Gasteiger partial charge is 0.0201 e. The first-order valence-electron chi connectivity index (χ1n) is 6.38. The van der Waals surface area contributed by atoms with Crippen LogP contribution in [0.5, 0.6) is 0 Å². The summed E-state index contributed by atoms with van der Waals surface area (Å²) < 4.78 is 0. The van der Waals surface area contributed by atoms with Crippen molar-refractivity contribution in [1.29, 1.82) is 0 Å². The van der Waals surface area contributed by atoms with Gasteiger partial charge in [0.2, 0.25) is 0 Å². The highest BCUT2D eigenvalue weighted by Gasteiger charge is 2.29. The van der Waals surface area contributed by atoms with E-state index < -0.39 is 0 Å². The fourth-order valence-corrected chi connectivity index (χ4v) is 3.70. The average molecular weight is 229 g/mol. The largest absolute Gasteiger partial charge is 0.327 e. The molecular formula is C13H27NS. The van der Waals surface area contributed by atoms with Gasteiger partial charge in [-0.1, -0.05) is 27.7 Å². The van der Waals surface area contributed by atoms with Gasteiger partial charge in [-0.05, 0) is 42.8 Å². The molecule has 3 unspecified atom stereocenters. The second-order valence-corrected chi connectivity index (χ2v) is 7.02. The summed E-state index contributed by atoms with van der Waals surface area (Å²) in [5.41, 5.74) is 6.21. The van der Waals surface area contributed by atoms with Crippen LogP contribution in [0.4, 0.5) is 0 Å². The minimum Gasteiger partial charge on any atom is -0.327 e. The van der Waals surface area contributed by atoms with Crippen LogP contribution in [0.1, 0.15) is 47.0 Å². The van der Waals surface area contributed by atoms with Crippen LogP contribution < -0.4 is 5.73 Å². The van der Waals surface area contributed by atoms with Gasteiger partial charge in [0.15, 0.2) is 0 Å². The van der Waals surface area contributed by atoms with Crippen LogP contribution in [0.25, 0.3) is 0 Å². The normalized spacial score (nSPS) is 32.6. The minimum atomic E-state index is 0.448. The second kappa shape index (κ2) is 6.15. The van der Waals surface area contributed by atoms with E-state index in [0.29, 0.717) is 11.3 Å². The summed E-state index contributed by atoms with van der Waals surface area (Å²) >= 11 is 2.11. The predicted octanol–water partition coefficient (Wildman–Crippen LogP) is 3.53.